The van der Waals surface area contributed by atoms with E-state index >= 15 is 0 Å². The highest BCUT2D eigenvalue weighted by Crippen LogP contribution is 2.25. The van der Waals surface area contributed by atoms with Crippen LogP contribution in [-0.2, 0) is 13.2 Å². The number of nitrogens with zero attached hydrogens (tertiary/aromatic N) is 3. The van der Waals surface area contributed by atoms with Gasteiger partial charge in [-0.3, -0.25) is 4.98 Å². The lowest BCUT2D eigenvalue weighted by atomic mass is 10.1. The van der Waals surface area contributed by atoms with Gasteiger partial charge in [-0.1, -0.05) is 17.7 Å². The smallest absolute Gasteiger partial charge is 0.213 e. The number of halogens is 1. The van der Waals surface area contributed by atoms with Crippen molar-refractivity contribution in [3.05, 3.63) is 64.9 Å². The molecule has 0 fully saturated rings. The summed E-state index contributed by atoms with van der Waals surface area (Å²) in [5.41, 5.74) is 4.52. The molecule has 5 nitrogen and oxygen atoms in total. The highest BCUT2D eigenvalue weighted by Gasteiger charge is 2.11. The van der Waals surface area contributed by atoms with Gasteiger partial charge in [0, 0.05) is 36.0 Å². The second-order valence-corrected chi connectivity index (χ2v) is 6.28. The Hall–Kier alpha value is -2.63. The van der Waals surface area contributed by atoms with Crippen LogP contribution in [0.25, 0.3) is 21.9 Å². The van der Waals surface area contributed by atoms with E-state index in [1.54, 1.807) is 13.3 Å². The molecule has 0 atom stereocenters. The van der Waals surface area contributed by atoms with E-state index in [1.807, 2.05) is 36.5 Å². The third-order valence-electron chi connectivity index (χ3n) is 4.22. The van der Waals surface area contributed by atoms with Crippen molar-refractivity contribution in [2.24, 2.45) is 0 Å². The molecule has 1 N–H and O–H groups in total. The first-order chi connectivity index (χ1) is 12.2. The molecule has 3 aromatic heterocycles. The molecule has 4 rings (SSSR count). The fourth-order valence-electron chi connectivity index (χ4n) is 3.03. The Morgan fingerprint density at radius 3 is 2.88 bits per heavy atom. The quantitative estimate of drug-likeness (QED) is 0.606. The Balaban J connectivity index is 1.77. The average molecular weight is 354 g/mol. The van der Waals surface area contributed by atoms with E-state index in [-0.39, 0.29) is 6.61 Å². The van der Waals surface area contributed by atoms with Crippen LogP contribution in [0.4, 0.5) is 0 Å². The summed E-state index contributed by atoms with van der Waals surface area (Å²) in [6.45, 7) is 0.591. The molecule has 4 aromatic rings. The molecule has 0 spiro atoms. The van der Waals surface area contributed by atoms with Crippen molar-refractivity contribution < 1.29 is 9.84 Å². The van der Waals surface area contributed by atoms with Gasteiger partial charge in [-0.15, -0.1) is 0 Å². The van der Waals surface area contributed by atoms with Gasteiger partial charge in [0.2, 0.25) is 5.88 Å². The van der Waals surface area contributed by atoms with Crippen LogP contribution in [0.3, 0.4) is 0 Å². The van der Waals surface area contributed by atoms with Crippen LogP contribution in [0, 0.1) is 0 Å². The number of aliphatic hydroxyl groups excluding tert-OH is 1. The number of methoxy groups -OCH3 is 1. The molecule has 0 bridgehead atoms. The third kappa shape index (κ3) is 2.92. The summed E-state index contributed by atoms with van der Waals surface area (Å²) in [4.78, 5) is 8.78. The minimum absolute atomic E-state index is 0.0685. The van der Waals surface area contributed by atoms with Crippen LogP contribution in [-0.4, -0.2) is 26.8 Å². The monoisotopic (exact) mass is 353 g/mol. The topological polar surface area (TPSA) is 60.2 Å². The Morgan fingerprint density at radius 1 is 1.20 bits per heavy atom. The predicted octanol–water partition coefficient (Wildman–Crippen LogP) is 3.79. The van der Waals surface area contributed by atoms with Gasteiger partial charge in [-0.2, -0.15) is 0 Å². The van der Waals surface area contributed by atoms with Crippen LogP contribution in [0.15, 0.2) is 48.8 Å². The maximum absolute atomic E-state index is 9.63. The largest absolute Gasteiger partial charge is 0.481 e. The number of rotatable bonds is 4. The van der Waals surface area contributed by atoms with Gasteiger partial charge in [-0.25, -0.2) is 4.98 Å². The second-order valence-electron chi connectivity index (χ2n) is 5.84. The van der Waals surface area contributed by atoms with Gasteiger partial charge in [0.05, 0.1) is 35.3 Å². The van der Waals surface area contributed by atoms with Crippen LogP contribution in [0.2, 0.25) is 5.02 Å². The summed E-state index contributed by atoms with van der Waals surface area (Å²) < 4.78 is 7.26. The first-order valence-corrected chi connectivity index (χ1v) is 8.23. The number of fused-ring (bicyclic) bond motifs is 2. The molecule has 3 heterocycles. The van der Waals surface area contributed by atoms with Crippen LogP contribution < -0.4 is 4.74 Å². The van der Waals surface area contributed by atoms with Crippen molar-refractivity contribution in [3.63, 3.8) is 0 Å². The van der Waals surface area contributed by atoms with Crippen LogP contribution in [0.1, 0.15) is 11.1 Å². The second kappa shape index (κ2) is 6.35. The van der Waals surface area contributed by atoms with E-state index in [1.165, 1.54) is 0 Å². The highest BCUT2D eigenvalue weighted by atomic mass is 35.5. The molecule has 0 unspecified atom stereocenters. The first-order valence-electron chi connectivity index (χ1n) is 7.86. The molecule has 0 amide bonds. The van der Waals surface area contributed by atoms with Crippen molar-refractivity contribution in [3.8, 4) is 5.88 Å². The molecule has 6 heteroatoms. The Bertz CT molecular complexity index is 1080. The van der Waals surface area contributed by atoms with Gasteiger partial charge in [-0.05, 0) is 29.8 Å². The zero-order valence-electron chi connectivity index (χ0n) is 13.6. The zero-order valence-corrected chi connectivity index (χ0v) is 14.4. The van der Waals surface area contributed by atoms with E-state index < -0.39 is 0 Å². The minimum Gasteiger partial charge on any atom is -0.481 e. The zero-order chi connectivity index (χ0) is 17.4. The Labute approximate surface area is 149 Å². The molecule has 25 heavy (non-hydrogen) atoms. The number of pyridine rings is 2. The average Bonchev–Trinajstić information content (AvgIpc) is 2.98. The predicted molar refractivity (Wildman–Crippen MR) is 98.1 cm³/mol. The lowest BCUT2D eigenvalue weighted by molar-refractivity contribution is 0.282. The van der Waals surface area contributed by atoms with Crippen LogP contribution in [0.5, 0.6) is 5.88 Å². The molecule has 0 radical (unpaired) electrons. The molecule has 0 saturated carbocycles. The van der Waals surface area contributed by atoms with E-state index in [2.05, 4.69) is 20.6 Å². The van der Waals surface area contributed by atoms with Crippen LogP contribution >= 0.6 is 11.6 Å². The van der Waals surface area contributed by atoms with Gasteiger partial charge >= 0.3 is 0 Å². The lowest BCUT2D eigenvalue weighted by Crippen LogP contribution is -1.98. The third-order valence-corrected chi connectivity index (χ3v) is 4.43. The van der Waals surface area contributed by atoms with Crippen molar-refractivity contribution in [2.75, 3.05) is 7.11 Å². The van der Waals surface area contributed by atoms with E-state index in [0.717, 1.165) is 33.1 Å². The molecule has 126 valence electrons. The van der Waals surface area contributed by atoms with E-state index in [4.69, 9.17) is 16.3 Å². The summed E-state index contributed by atoms with van der Waals surface area (Å²) in [5, 5.41) is 11.3. The molecule has 1 aromatic carbocycles. The van der Waals surface area contributed by atoms with Gasteiger partial charge in [0.15, 0.2) is 0 Å². The Kier molecular flexibility index (Phi) is 4.03. The standard InChI is InChI=1S/C19H16ClN3O2/c1-25-18-5-4-17-19(22-18)14(11-24)10-23(17)9-12-2-3-16-13(6-12)7-15(20)8-21-16/h2-8,10,24H,9,11H2,1H3. The summed E-state index contributed by atoms with van der Waals surface area (Å²) in [5.74, 6) is 0.534. The van der Waals surface area contributed by atoms with E-state index in [0.29, 0.717) is 17.4 Å². The SMILES string of the molecule is COc1ccc2c(n1)c(CO)cn2Cc1ccc2ncc(Cl)cc2c1. The first kappa shape index (κ1) is 15.9. The maximum atomic E-state index is 9.63. The number of aliphatic hydroxyl groups is 1. The van der Waals surface area contributed by atoms with E-state index in [9.17, 15) is 5.11 Å². The van der Waals surface area contributed by atoms with Crippen molar-refractivity contribution in [1.82, 2.24) is 14.5 Å². The maximum Gasteiger partial charge on any atom is 0.213 e. The molecular weight excluding hydrogens is 338 g/mol. The molecule has 0 aliphatic heterocycles. The normalized spacial score (nSPS) is 11.3. The van der Waals surface area contributed by atoms with Crippen molar-refractivity contribution in [1.29, 1.82) is 0 Å². The van der Waals surface area contributed by atoms with Gasteiger partial charge in [0.1, 0.15) is 0 Å². The van der Waals surface area contributed by atoms with Crippen molar-refractivity contribution >= 4 is 33.5 Å². The fourth-order valence-corrected chi connectivity index (χ4v) is 3.20. The number of hydrogen-bond donors (Lipinski definition) is 1. The summed E-state index contributed by atoms with van der Waals surface area (Å²) in [7, 11) is 1.58. The summed E-state index contributed by atoms with van der Waals surface area (Å²) in [6.07, 6.45) is 3.58. The lowest BCUT2D eigenvalue weighted by Gasteiger charge is -2.07. The highest BCUT2D eigenvalue weighted by molar-refractivity contribution is 6.31. The molecular formula is C19H16ClN3O2. The fraction of sp³-hybridized carbons (Fsp3) is 0.158. The minimum atomic E-state index is -0.0685. The number of ether oxygens (including phenoxy) is 1. The number of aromatic nitrogens is 3. The Morgan fingerprint density at radius 2 is 2.08 bits per heavy atom. The number of hydrogen-bond acceptors (Lipinski definition) is 4. The molecule has 0 aliphatic rings. The summed E-state index contributed by atoms with van der Waals surface area (Å²) >= 11 is 6.04. The summed E-state index contributed by atoms with van der Waals surface area (Å²) in [6, 6.07) is 11.8. The van der Waals surface area contributed by atoms with Gasteiger partial charge < -0.3 is 14.4 Å². The molecule has 0 saturated heterocycles. The number of benzene rings is 1. The van der Waals surface area contributed by atoms with Gasteiger partial charge in [0.25, 0.3) is 0 Å². The van der Waals surface area contributed by atoms with Crippen molar-refractivity contribution in [2.45, 2.75) is 13.2 Å². The molecule has 0 aliphatic carbocycles.